The summed E-state index contributed by atoms with van der Waals surface area (Å²) in [5.41, 5.74) is 2.69. The summed E-state index contributed by atoms with van der Waals surface area (Å²) in [7, 11) is 0. The molecule has 0 fully saturated rings. The highest BCUT2D eigenvalue weighted by Crippen LogP contribution is 2.21. The maximum absolute atomic E-state index is 10.4. The predicted octanol–water partition coefficient (Wildman–Crippen LogP) is 1.05. The van der Waals surface area contributed by atoms with Crippen LogP contribution in [0.2, 0.25) is 0 Å². The van der Waals surface area contributed by atoms with Crippen LogP contribution in [0.1, 0.15) is 11.1 Å². The van der Waals surface area contributed by atoms with Crippen molar-refractivity contribution in [3.05, 3.63) is 35.4 Å². The number of rotatable bonds is 3. The van der Waals surface area contributed by atoms with Gasteiger partial charge in [0, 0.05) is 6.04 Å². The van der Waals surface area contributed by atoms with E-state index in [1.54, 1.807) is 0 Å². The van der Waals surface area contributed by atoms with Gasteiger partial charge in [0.1, 0.15) is 0 Å². The highest BCUT2D eigenvalue weighted by Gasteiger charge is 2.20. The SMILES string of the molecule is O=C(O)CNC1Cc2ccccc2C1.O=C(O)O. The van der Waals surface area contributed by atoms with E-state index in [-0.39, 0.29) is 6.54 Å². The maximum atomic E-state index is 10.4. The highest BCUT2D eigenvalue weighted by molar-refractivity contribution is 5.69. The summed E-state index contributed by atoms with van der Waals surface area (Å²) < 4.78 is 0. The Balaban J connectivity index is 0.000000357. The van der Waals surface area contributed by atoms with Crippen LogP contribution < -0.4 is 5.32 Å². The molecule has 1 aromatic rings. The molecule has 1 aliphatic carbocycles. The summed E-state index contributed by atoms with van der Waals surface area (Å²) in [4.78, 5) is 18.9. The maximum Gasteiger partial charge on any atom is 0.503 e. The Morgan fingerprint density at radius 1 is 1.11 bits per heavy atom. The molecule has 0 aliphatic heterocycles. The lowest BCUT2D eigenvalue weighted by atomic mass is 10.1. The Morgan fingerprint density at radius 2 is 1.56 bits per heavy atom. The summed E-state index contributed by atoms with van der Waals surface area (Å²) in [5, 5.41) is 25.5. The third-order valence-corrected chi connectivity index (χ3v) is 2.59. The quantitative estimate of drug-likeness (QED) is 0.641. The fraction of sp³-hybridized carbons (Fsp3) is 0.333. The van der Waals surface area contributed by atoms with Crippen LogP contribution in [0, 0.1) is 0 Å². The molecule has 1 aromatic carbocycles. The van der Waals surface area contributed by atoms with Crippen LogP contribution in [0.15, 0.2) is 24.3 Å². The summed E-state index contributed by atoms with van der Waals surface area (Å²) in [6.45, 7) is 0.0542. The third kappa shape index (κ3) is 4.84. The number of benzene rings is 1. The minimum absolute atomic E-state index is 0.0542. The van der Waals surface area contributed by atoms with E-state index in [1.807, 2.05) is 12.1 Å². The van der Waals surface area contributed by atoms with Crippen LogP contribution >= 0.6 is 0 Å². The number of carboxylic acid groups (broad SMARTS) is 3. The third-order valence-electron chi connectivity index (χ3n) is 2.59. The molecular formula is C12H15NO5. The zero-order valence-corrected chi connectivity index (χ0v) is 9.67. The van der Waals surface area contributed by atoms with E-state index in [2.05, 4.69) is 17.4 Å². The molecule has 0 bridgehead atoms. The predicted molar refractivity (Wildman–Crippen MR) is 63.9 cm³/mol. The van der Waals surface area contributed by atoms with Gasteiger partial charge < -0.3 is 20.6 Å². The Labute approximate surface area is 104 Å². The van der Waals surface area contributed by atoms with E-state index in [0.717, 1.165) is 12.8 Å². The first kappa shape index (κ1) is 14.0. The van der Waals surface area contributed by atoms with E-state index in [1.165, 1.54) is 11.1 Å². The normalized spacial score (nSPS) is 13.3. The summed E-state index contributed by atoms with van der Waals surface area (Å²) in [5.74, 6) is -0.791. The zero-order chi connectivity index (χ0) is 13.5. The van der Waals surface area contributed by atoms with Crippen molar-refractivity contribution < 1.29 is 24.9 Å². The minimum atomic E-state index is -1.83. The lowest BCUT2D eigenvalue weighted by molar-refractivity contribution is -0.136. The van der Waals surface area contributed by atoms with Crippen molar-refractivity contribution in [3.8, 4) is 0 Å². The van der Waals surface area contributed by atoms with Gasteiger partial charge in [-0.05, 0) is 24.0 Å². The molecule has 0 saturated carbocycles. The van der Waals surface area contributed by atoms with Crippen molar-refractivity contribution in [2.45, 2.75) is 18.9 Å². The van der Waals surface area contributed by atoms with Gasteiger partial charge >= 0.3 is 12.1 Å². The Hall–Kier alpha value is -2.08. The van der Waals surface area contributed by atoms with Crippen molar-refractivity contribution >= 4 is 12.1 Å². The lowest BCUT2D eigenvalue weighted by Crippen LogP contribution is -2.33. The van der Waals surface area contributed by atoms with E-state index in [4.69, 9.17) is 20.1 Å². The lowest BCUT2D eigenvalue weighted by Gasteiger charge is -2.08. The molecule has 0 aromatic heterocycles. The molecule has 2 rings (SSSR count). The Kier molecular flexibility index (Phi) is 5.13. The van der Waals surface area contributed by atoms with Gasteiger partial charge in [0.15, 0.2) is 0 Å². The first-order valence-corrected chi connectivity index (χ1v) is 5.43. The zero-order valence-electron chi connectivity index (χ0n) is 9.67. The number of carbonyl (C=O) groups is 2. The number of aliphatic carboxylic acids is 1. The second-order valence-electron chi connectivity index (χ2n) is 3.93. The Bertz CT molecular complexity index is 403. The van der Waals surface area contributed by atoms with E-state index in [0.29, 0.717) is 6.04 Å². The van der Waals surface area contributed by atoms with Crippen molar-refractivity contribution in [2.75, 3.05) is 6.54 Å². The molecular weight excluding hydrogens is 238 g/mol. The molecule has 0 atom stereocenters. The second-order valence-corrected chi connectivity index (χ2v) is 3.93. The molecule has 0 spiro atoms. The smallest absolute Gasteiger partial charge is 0.480 e. The largest absolute Gasteiger partial charge is 0.503 e. The molecule has 0 radical (unpaired) electrons. The fourth-order valence-electron chi connectivity index (χ4n) is 1.93. The average molecular weight is 253 g/mol. The minimum Gasteiger partial charge on any atom is -0.480 e. The standard InChI is InChI=1S/C11H13NO2.CH2O3/c13-11(14)7-12-10-5-8-3-1-2-4-9(8)6-10;2-1(3)4/h1-4,10,12H,5-7H2,(H,13,14);(H2,2,3,4). The summed E-state index contributed by atoms with van der Waals surface area (Å²) >= 11 is 0. The van der Waals surface area contributed by atoms with Gasteiger partial charge in [-0.1, -0.05) is 24.3 Å². The second kappa shape index (κ2) is 6.61. The number of carboxylic acids is 1. The monoisotopic (exact) mass is 253 g/mol. The number of nitrogens with one attached hydrogen (secondary N) is 1. The number of hydrogen-bond donors (Lipinski definition) is 4. The van der Waals surface area contributed by atoms with Crippen molar-refractivity contribution in [1.82, 2.24) is 5.32 Å². The van der Waals surface area contributed by atoms with Gasteiger partial charge in [-0.15, -0.1) is 0 Å². The van der Waals surface area contributed by atoms with Crippen LogP contribution in [0.3, 0.4) is 0 Å². The average Bonchev–Trinajstić information content (AvgIpc) is 2.68. The van der Waals surface area contributed by atoms with Crippen LogP contribution in [-0.4, -0.2) is 40.0 Å². The molecule has 6 nitrogen and oxygen atoms in total. The summed E-state index contributed by atoms with van der Waals surface area (Å²) in [6, 6.07) is 8.57. The van der Waals surface area contributed by atoms with Gasteiger partial charge in [0.2, 0.25) is 0 Å². The van der Waals surface area contributed by atoms with Crippen LogP contribution in [-0.2, 0) is 17.6 Å². The molecule has 6 heteroatoms. The topological polar surface area (TPSA) is 107 Å². The van der Waals surface area contributed by atoms with Crippen molar-refractivity contribution in [3.63, 3.8) is 0 Å². The molecule has 1 aliphatic rings. The van der Waals surface area contributed by atoms with Crippen LogP contribution in [0.25, 0.3) is 0 Å². The van der Waals surface area contributed by atoms with E-state index in [9.17, 15) is 4.79 Å². The Morgan fingerprint density at radius 3 is 1.94 bits per heavy atom. The fourth-order valence-corrected chi connectivity index (χ4v) is 1.93. The molecule has 4 N–H and O–H groups in total. The first-order valence-electron chi connectivity index (χ1n) is 5.43. The van der Waals surface area contributed by atoms with Crippen LogP contribution in [0.4, 0.5) is 4.79 Å². The van der Waals surface area contributed by atoms with Crippen LogP contribution in [0.5, 0.6) is 0 Å². The van der Waals surface area contributed by atoms with Gasteiger partial charge in [0.25, 0.3) is 0 Å². The molecule has 0 amide bonds. The number of fused-ring (bicyclic) bond motifs is 1. The summed E-state index contributed by atoms with van der Waals surface area (Å²) in [6.07, 6.45) is 0.0624. The van der Waals surface area contributed by atoms with E-state index >= 15 is 0 Å². The molecule has 0 unspecified atom stereocenters. The highest BCUT2D eigenvalue weighted by atomic mass is 16.6. The number of hydrogen-bond acceptors (Lipinski definition) is 3. The molecule has 0 heterocycles. The molecule has 0 saturated heterocycles. The first-order chi connectivity index (χ1) is 8.49. The van der Waals surface area contributed by atoms with E-state index < -0.39 is 12.1 Å². The van der Waals surface area contributed by atoms with Crippen molar-refractivity contribution in [1.29, 1.82) is 0 Å². The van der Waals surface area contributed by atoms with Gasteiger partial charge in [0.05, 0.1) is 6.54 Å². The van der Waals surface area contributed by atoms with Gasteiger partial charge in [-0.3, -0.25) is 4.79 Å². The van der Waals surface area contributed by atoms with Crippen molar-refractivity contribution in [2.24, 2.45) is 0 Å². The van der Waals surface area contributed by atoms with Gasteiger partial charge in [-0.25, -0.2) is 4.79 Å². The molecule has 98 valence electrons. The van der Waals surface area contributed by atoms with Gasteiger partial charge in [-0.2, -0.15) is 0 Å². The molecule has 18 heavy (non-hydrogen) atoms.